The summed E-state index contributed by atoms with van der Waals surface area (Å²) in [5.74, 6) is -0.237. The average Bonchev–Trinajstić information content (AvgIpc) is 2.60. The van der Waals surface area contributed by atoms with E-state index in [9.17, 15) is 4.79 Å². The van der Waals surface area contributed by atoms with E-state index in [1.807, 2.05) is 0 Å². The maximum absolute atomic E-state index is 11.6. The Balaban J connectivity index is 1.95. The Labute approximate surface area is 101 Å². The van der Waals surface area contributed by atoms with Crippen LogP contribution in [0.5, 0.6) is 0 Å². The van der Waals surface area contributed by atoms with E-state index >= 15 is 0 Å². The Morgan fingerprint density at radius 1 is 1.75 bits per heavy atom. The number of rotatable bonds is 4. The van der Waals surface area contributed by atoms with E-state index in [4.69, 9.17) is 0 Å². The van der Waals surface area contributed by atoms with Crippen molar-refractivity contribution in [3.63, 3.8) is 0 Å². The number of nitrogens with one attached hydrogen (secondary N) is 2. The van der Waals surface area contributed by atoms with Gasteiger partial charge in [0.05, 0.1) is 12.2 Å². The molecule has 0 bridgehead atoms. The number of carbonyl (C=O) groups excluding carboxylic acids is 1. The van der Waals surface area contributed by atoms with Crippen LogP contribution in [0.3, 0.4) is 0 Å². The number of aromatic nitrogens is 3. The van der Waals surface area contributed by atoms with Crippen molar-refractivity contribution in [3.05, 3.63) is 23.0 Å². The fourth-order valence-electron chi connectivity index (χ4n) is 1.29. The van der Waals surface area contributed by atoms with Crippen molar-refractivity contribution in [1.29, 1.82) is 0 Å². The largest absolute Gasteiger partial charge is 0.346 e. The molecule has 1 aliphatic heterocycles. The lowest BCUT2D eigenvalue weighted by Crippen LogP contribution is -2.43. The zero-order chi connectivity index (χ0) is 11.5. The molecule has 1 aliphatic rings. The van der Waals surface area contributed by atoms with Gasteiger partial charge in [-0.3, -0.25) is 4.79 Å². The van der Waals surface area contributed by atoms with E-state index in [2.05, 4.69) is 43.5 Å². The molecule has 0 radical (unpaired) electrons. The lowest BCUT2D eigenvalue weighted by atomic mass is 10.2. The van der Waals surface area contributed by atoms with E-state index in [0.717, 1.165) is 17.6 Å². The average molecular weight is 286 g/mol. The maximum atomic E-state index is 11.6. The molecule has 0 aliphatic carbocycles. The Bertz CT molecular complexity index is 412. The van der Waals surface area contributed by atoms with Crippen LogP contribution in [0.1, 0.15) is 16.5 Å². The van der Waals surface area contributed by atoms with Crippen molar-refractivity contribution < 1.29 is 4.79 Å². The monoisotopic (exact) mass is 285 g/mol. The van der Waals surface area contributed by atoms with Gasteiger partial charge >= 0.3 is 0 Å². The third-order valence-electron chi connectivity index (χ3n) is 2.32. The Hall–Kier alpha value is -1.21. The highest BCUT2D eigenvalue weighted by molar-refractivity contribution is 9.11. The molecular formula is C9H12BrN5O. The lowest BCUT2D eigenvalue weighted by Gasteiger charge is -2.26. The number of hydrogen-bond donors (Lipinski definition) is 2. The summed E-state index contributed by atoms with van der Waals surface area (Å²) in [6.45, 7) is 5.77. The summed E-state index contributed by atoms with van der Waals surface area (Å²) < 4.78 is 2.44. The van der Waals surface area contributed by atoms with Gasteiger partial charge in [-0.1, -0.05) is 27.7 Å². The van der Waals surface area contributed by atoms with Crippen LogP contribution in [0.25, 0.3) is 0 Å². The minimum atomic E-state index is -0.237. The Morgan fingerprint density at radius 3 is 3.06 bits per heavy atom. The molecular weight excluding hydrogens is 274 g/mol. The van der Waals surface area contributed by atoms with Crippen molar-refractivity contribution >= 4 is 21.8 Å². The second kappa shape index (κ2) is 4.75. The highest BCUT2D eigenvalue weighted by Gasteiger charge is 2.21. The smallest absolute Gasteiger partial charge is 0.273 e. The SMILES string of the molecule is C=C(Br)CNC(=O)c1cn(C2CNC2)nn1. The molecule has 6 nitrogen and oxygen atoms in total. The fraction of sp³-hybridized carbons (Fsp3) is 0.444. The van der Waals surface area contributed by atoms with Crippen molar-refractivity contribution in [3.8, 4) is 0 Å². The van der Waals surface area contributed by atoms with Crippen molar-refractivity contribution in [2.45, 2.75) is 6.04 Å². The van der Waals surface area contributed by atoms with Crippen LogP contribution in [0, 0.1) is 0 Å². The predicted molar refractivity (Wildman–Crippen MR) is 62.3 cm³/mol. The molecule has 1 saturated heterocycles. The van der Waals surface area contributed by atoms with Crippen LogP contribution in [0.2, 0.25) is 0 Å². The summed E-state index contributed by atoms with van der Waals surface area (Å²) in [6.07, 6.45) is 1.66. The topological polar surface area (TPSA) is 71.8 Å². The minimum Gasteiger partial charge on any atom is -0.346 e. The molecule has 0 atom stereocenters. The molecule has 1 fully saturated rings. The van der Waals surface area contributed by atoms with Gasteiger partial charge < -0.3 is 10.6 Å². The molecule has 2 rings (SSSR count). The first-order valence-corrected chi connectivity index (χ1v) is 5.70. The predicted octanol–water partition coefficient (Wildman–Crippen LogP) is 0.0608. The van der Waals surface area contributed by atoms with Crippen LogP contribution in [-0.4, -0.2) is 40.5 Å². The number of hydrogen-bond acceptors (Lipinski definition) is 4. The molecule has 0 spiro atoms. The highest BCUT2D eigenvalue weighted by Crippen LogP contribution is 2.09. The molecule has 0 unspecified atom stereocenters. The molecule has 2 N–H and O–H groups in total. The van der Waals surface area contributed by atoms with Gasteiger partial charge in [-0.15, -0.1) is 5.10 Å². The number of amides is 1. The Kier molecular flexibility index (Phi) is 3.35. The summed E-state index contributed by atoms with van der Waals surface area (Å²) in [5.41, 5.74) is 0.334. The molecule has 2 heterocycles. The van der Waals surface area contributed by atoms with Crippen LogP contribution in [0.15, 0.2) is 17.3 Å². The number of nitrogens with zero attached hydrogens (tertiary/aromatic N) is 3. The van der Waals surface area contributed by atoms with Crippen molar-refractivity contribution in [2.24, 2.45) is 0 Å². The van der Waals surface area contributed by atoms with Gasteiger partial charge in [-0.25, -0.2) is 4.68 Å². The summed E-state index contributed by atoms with van der Waals surface area (Å²) in [7, 11) is 0. The normalized spacial score (nSPS) is 15.6. The Morgan fingerprint density at radius 2 is 2.50 bits per heavy atom. The highest BCUT2D eigenvalue weighted by atomic mass is 79.9. The summed E-state index contributed by atoms with van der Waals surface area (Å²) in [4.78, 5) is 11.6. The van der Waals surface area contributed by atoms with E-state index in [1.165, 1.54) is 0 Å². The molecule has 1 aromatic heterocycles. The zero-order valence-electron chi connectivity index (χ0n) is 8.61. The first kappa shape index (κ1) is 11.3. The van der Waals surface area contributed by atoms with Gasteiger partial charge in [0.15, 0.2) is 5.69 Å². The van der Waals surface area contributed by atoms with Crippen molar-refractivity contribution in [1.82, 2.24) is 25.6 Å². The van der Waals surface area contributed by atoms with Crippen LogP contribution < -0.4 is 10.6 Å². The quantitative estimate of drug-likeness (QED) is 0.821. The molecule has 0 aromatic carbocycles. The van der Waals surface area contributed by atoms with Crippen LogP contribution in [-0.2, 0) is 0 Å². The number of carbonyl (C=O) groups is 1. The molecule has 1 aromatic rings. The van der Waals surface area contributed by atoms with E-state index in [-0.39, 0.29) is 5.91 Å². The fourth-order valence-corrected chi connectivity index (χ4v) is 1.43. The molecule has 86 valence electrons. The van der Waals surface area contributed by atoms with Crippen LogP contribution >= 0.6 is 15.9 Å². The van der Waals surface area contributed by atoms with Gasteiger partial charge in [0.2, 0.25) is 0 Å². The lowest BCUT2D eigenvalue weighted by molar-refractivity contribution is 0.0952. The standard InChI is InChI=1S/C9H12BrN5O/c1-6(10)2-12-9(16)8-5-15(14-13-8)7-3-11-4-7/h5,7,11H,1-4H2,(H,12,16). The van der Waals surface area contributed by atoms with Gasteiger partial charge in [0.25, 0.3) is 5.91 Å². The van der Waals surface area contributed by atoms with Crippen LogP contribution in [0.4, 0.5) is 0 Å². The van der Waals surface area contributed by atoms with Gasteiger partial charge in [0, 0.05) is 24.1 Å². The first-order valence-electron chi connectivity index (χ1n) is 4.91. The van der Waals surface area contributed by atoms with E-state index in [0.29, 0.717) is 18.3 Å². The third-order valence-corrected chi connectivity index (χ3v) is 2.60. The second-order valence-corrected chi connectivity index (χ2v) is 4.72. The summed E-state index contributed by atoms with van der Waals surface area (Å²) in [5, 5.41) is 13.5. The maximum Gasteiger partial charge on any atom is 0.273 e. The van der Waals surface area contributed by atoms with Gasteiger partial charge in [-0.2, -0.15) is 0 Å². The minimum absolute atomic E-state index is 0.237. The zero-order valence-corrected chi connectivity index (χ0v) is 10.2. The van der Waals surface area contributed by atoms with Gasteiger partial charge in [-0.05, 0) is 0 Å². The second-order valence-electron chi connectivity index (χ2n) is 3.60. The van der Waals surface area contributed by atoms with E-state index < -0.39 is 0 Å². The third kappa shape index (κ3) is 2.48. The molecule has 7 heteroatoms. The number of halogens is 1. The van der Waals surface area contributed by atoms with E-state index in [1.54, 1.807) is 10.9 Å². The van der Waals surface area contributed by atoms with Gasteiger partial charge in [0.1, 0.15) is 0 Å². The first-order chi connectivity index (χ1) is 7.66. The molecule has 0 saturated carbocycles. The summed E-state index contributed by atoms with van der Waals surface area (Å²) in [6, 6.07) is 0.320. The summed E-state index contributed by atoms with van der Waals surface area (Å²) >= 11 is 3.17. The molecule has 1 amide bonds. The van der Waals surface area contributed by atoms with Crippen molar-refractivity contribution in [2.75, 3.05) is 19.6 Å². The molecule has 16 heavy (non-hydrogen) atoms.